The van der Waals surface area contributed by atoms with E-state index >= 15 is 0 Å². The van der Waals surface area contributed by atoms with Gasteiger partial charge in [-0.05, 0) is 49.3 Å². The summed E-state index contributed by atoms with van der Waals surface area (Å²) >= 11 is 0. The van der Waals surface area contributed by atoms with Gasteiger partial charge < -0.3 is 5.32 Å². The van der Waals surface area contributed by atoms with Gasteiger partial charge >= 0.3 is 0 Å². The topological polar surface area (TPSA) is 12.0 Å². The molecule has 1 N–H and O–H groups in total. The summed E-state index contributed by atoms with van der Waals surface area (Å²) < 4.78 is 0. The van der Waals surface area contributed by atoms with Gasteiger partial charge in [0.25, 0.3) is 0 Å². The van der Waals surface area contributed by atoms with Crippen LogP contribution in [-0.4, -0.2) is 6.54 Å². The number of benzene rings is 1. The third-order valence-corrected chi connectivity index (χ3v) is 3.46. The van der Waals surface area contributed by atoms with Crippen molar-refractivity contribution in [2.45, 2.75) is 59.4 Å². The van der Waals surface area contributed by atoms with Crippen molar-refractivity contribution in [3.8, 4) is 0 Å². The van der Waals surface area contributed by atoms with Crippen LogP contribution in [0.2, 0.25) is 0 Å². The molecule has 1 aromatic rings. The molecule has 0 bridgehead atoms. The molecule has 0 aliphatic carbocycles. The molecule has 0 aliphatic rings. The van der Waals surface area contributed by atoms with E-state index in [9.17, 15) is 0 Å². The Morgan fingerprint density at radius 3 is 2.17 bits per heavy atom. The van der Waals surface area contributed by atoms with Crippen molar-refractivity contribution < 1.29 is 0 Å². The largest absolute Gasteiger partial charge is 0.310 e. The standard InChI is InChI=1S/C17H29N/c1-5-13-18-17(12-7-14(3)4)16-10-8-15(6-2)9-11-16/h8-11,14,17-18H,5-7,12-13H2,1-4H3. The Balaban J connectivity index is 2.66. The molecule has 0 amide bonds. The van der Waals surface area contributed by atoms with E-state index in [-0.39, 0.29) is 0 Å². The zero-order valence-corrected chi connectivity index (χ0v) is 12.5. The predicted octanol–water partition coefficient (Wildman–Crippen LogP) is 4.73. The lowest BCUT2D eigenvalue weighted by atomic mass is 9.96. The van der Waals surface area contributed by atoms with Crippen LogP contribution >= 0.6 is 0 Å². The molecule has 0 saturated heterocycles. The normalized spacial score (nSPS) is 12.9. The molecule has 1 nitrogen and oxygen atoms in total. The summed E-state index contributed by atoms with van der Waals surface area (Å²) in [4.78, 5) is 0. The van der Waals surface area contributed by atoms with E-state index in [0.29, 0.717) is 6.04 Å². The van der Waals surface area contributed by atoms with Gasteiger partial charge in [0.2, 0.25) is 0 Å². The summed E-state index contributed by atoms with van der Waals surface area (Å²) in [6.07, 6.45) is 4.85. The van der Waals surface area contributed by atoms with Crippen LogP contribution in [0.15, 0.2) is 24.3 Å². The number of hydrogen-bond acceptors (Lipinski definition) is 1. The average molecular weight is 247 g/mol. The van der Waals surface area contributed by atoms with Crippen LogP contribution in [0, 0.1) is 5.92 Å². The maximum atomic E-state index is 3.68. The SMILES string of the molecule is CCCNC(CCC(C)C)c1ccc(CC)cc1. The van der Waals surface area contributed by atoms with Crippen molar-refractivity contribution in [3.63, 3.8) is 0 Å². The lowest BCUT2D eigenvalue weighted by Gasteiger charge is -2.20. The van der Waals surface area contributed by atoms with Crippen molar-refractivity contribution in [3.05, 3.63) is 35.4 Å². The number of aryl methyl sites for hydroxylation is 1. The molecule has 0 radical (unpaired) electrons. The molecule has 1 aromatic carbocycles. The summed E-state index contributed by atoms with van der Waals surface area (Å²) in [5, 5.41) is 3.68. The second-order valence-electron chi connectivity index (χ2n) is 5.57. The smallest absolute Gasteiger partial charge is 0.0320 e. The predicted molar refractivity (Wildman–Crippen MR) is 80.9 cm³/mol. The van der Waals surface area contributed by atoms with Gasteiger partial charge in [-0.15, -0.1) is 0 Å². The molecule has 0 saturated carbocycles. The van der Waals surface area contributed by atoms with Crippen LogP contribution in [0.4, 0.5) is 0 Å². The van der Waals surface area contributed by atoms with Gasteiger partial charge in [-0.25, -0.2) is 0 Å². The Hall–Kier alpha value is -0.820. The van der Waals surface area contributed by atoms with Gasteiger partial charge in [-0.1, -0.05) is 52.0 Å². The van der Waals surface area contributed by atoms with Gasteiger partial charge in [-0.2, -0.15) is 0 Å². The van der Waals surface area contributed by atoms with Crippen molar-refractivity contribution in [2.75, 3.05) is 6.54 Å². The molecule has 1 atom stereocenters. The Labute approximate surface area is 113 Å². The molecule has 1 rings (SSSR count). The molecule has 0 spiro atoms. The number of rotatable bonds is 8. The molecule has 102 valence electrons. The molecule has 0 fully saturated rings. The van der Waals surface area contributed by atoms with E-state index in [1.54, 1.807) is 0 Å². The Morgan fingerprint density at radius 1 is 1.00 bits per heavy atom. The highest BCUT2D eigenvalue weighted by molar-refractivity contribution is 5.25. The second kappa shape index (κ2) is 8.31. The summed E-state index contributed by atoms with van der Waals surface area (Å²) in [5.74, 6) is 0.783. The highest BCUT2D eigenvalue weighted by atomic mass is 14.9. The lowest BCUT2D eigenvalue weighted by molar-refractivity contribution is 0.440. The van der Waals surface area contributed by atoms with Crippen LogP contribution in [0.25, 0.3) is 0 Å². The third-order valence-electron chi connectivity index (χ3n) is 3.46. The molecule has 0 aliphatic heterocycles. The monoisotopic (exact) mass is 247 g/mol. The third kappa shape index (κ3) is 5.22. The number of hydrogen-bond donors (Lipinski definition) is 1. The fourth-order valence-corrected chi connectivity index (χ4v) is 2.19. The summed E-state index contributed by atoms with van der Waals surface area (Å²) in [7, 11) is 0. The van der Waals surface area contributed by atoms with Crippen molar-refractivity contribution in [2.24, 2.45) is 5.92 Å². The summed E-state index contributed by atoms with van der Waals surface area (Å²) in [6, 6.07) is 9.66. The first-order chi connectivity index (χ1) is 8.67. The second-order valence-corrected chi connectivity index (χ2v) is 5.57. The van der Waals surface area contributed by atoms with Gasteiger partial charge in [-0.3, -0.25) is 0 Å². The zero-order chi connectivity index (χ0) is 13.4. The number of nitrogens with one attached hydrogen (secondary N) is 1. The molecule has 1 heteroatoms. The molecular formula is C17H29N. The maximum Gasteiger partial charge on any atom is 0.0320 e. The highest BCUT2D eigenvalue weighted by Gasteiger charge is 2.11. The van der Waals surface area contributed by atoms with Crippen molar-refractivity contribution in [1.29, 1.82) is 0 Å². The molecule has 18 heavy (non-hydrogen) atoms. The summed E-state index contributed by atoms with van der Waals surface area (Å²) in [6.45, 7) is 10.2. The van der Waals surface area contributed by atoms with Crippen LogP contribution in [-0.2, 0) is 6.42 Å². The Bertz CT molecular complexity index is 313. The van der Waals surface area contributed by atoms with Crippen LogP contribution in [0.5, 0.6) is 0 Å². The van der Waals surface area contributed by atoms with Gasteiger partial charge in [0, 0.05) is 6.04 Å². The quantitative estimate of drug-likeness (QED) is 0.700. The lowest BCUT2D eigenvalue weighted by Crippen LogP contribution is -2.22. The average Bonchev–Trinajstić information content (AvgIpc) is 2.39. The van der Waals surface area contributed by atoms with Crippen molar-refractivity contribution >= 4 is 0 Å². The molecule has 0 aromatic heterocycles. The first kappa shape index (κ1) is 15.2. The Morgan fingerprint density at radius 2 is 1.67 bits per heavy atom. The minimum absolute atomic E-state index is 0.526. The first-order valence-electron chi connectivity index (χ1n) is 7.49. The minimum atomic E-state index is 0.526. The first-order valence-corrected chi connectivity index (χ1v) is 7.49. The molecule has 0 heterocycles. The fourth-order valence-electron chi connectivity index (χ4n) is 2.19. The summed E-state index contributed by atoms with van der Waals surface area (Å²) in [5.41, 5.74) is 2.87. The van der Waals surface area contributed by atoms with E-state index in [1.165, 1.54) is 30.4 Å². The minimum Gasteiger partial charge on any atom is -0.310 e. The van der Waals surface area contributed by atoms with Crippen molar-refractivity contribution in [1.82, 2.24) is 5.32 Å². The van der Waals surface area contributed by atoms with Crippen LogP contribution in [0.1, 0.15) is 64.1 Å². The molecule has 1 unspecified atom stereocenters. The van der Waals surface area contributed by atoms with Gasteiger partial charge in [0.05, 0.1) is 0 Å². The van der Waals surface area contributed by atoms with E-state index in [1.807, 2.05) is 0 Å². The van der Waals surface area contributed by atoms with E-state index in [0.717, 1.165) is 18.9 Å². The van der Waals surface area contributed by atoms with E-state index in [2.05, 4.69) is 57.3 Å². The van der Waals surface area contributed by atoms with Gasteiger partial charge in [0.1, 0.15) is 0 Å². The van der Waals surface area contributed by atoms with Gasteiger partial charge in [0.15, 0.2) is 0 Å². The van der Waals surface area contributed by atoms with E-state index in [4.69, 9.17) is 0 Å². The van der Waals surface area contributed by atoms with Crippen LogP contribution in [0.3, 0.4) is 0 Å². The van der Waals surface area contributed by atoms with Crippen LogP contribution < -0.4 is 5.32 Å². The Kier molecular flexibility index (Phi) is 7.04. The zero-order valence-electron chi connectivity index (χ0n) is 12.5. The fraction of sp³-hybridized carbons (Fsp3) is 0.647. The van der Waals surface area contributed by atoms with E-state index < -0.39 is 0 Å². The maximum absolute atomic E-state index is 3.68. The molecular weight excluding hydrogens is 218 g/mol. The highest BCUT2D eigenvalue weighted by Crippen LogP contribution is 2.21.